The number of carbonyl (C=O) groups excluding carboxylic acids is 1. The van der Waals surface area contributed by atoms with Gasteiger partial charge in [-0.1, -0.05) is 31.0 Å². The van der Waals surface area contributed by atoms with E-state index >= 15 is 0 Å². The molecule has 1 fully saturated rings. The first-order valence-corrected chi connectivity index (χ1v) is 12.9. The van der Waals surface area contributed by atoms with Gasteiger partial charge in [-0.3, -0.25) is 0 Å². The Balaban J connectivity index is 1.40. The van der Waals surface area contributed by atoms with Gasteiger partial charge in [0, 0.05) is 18.8 Å². The Morgan fingerprint density at radius 3 is 2.37 bits per heavy atom. The molecule has 0 radical (unpaired) electrons. The molecule has 0 spiro atoms. The molecule has 0 unspecified atom stereocenters. The highest BCUT2D eigenvalue weighted by Gasteiger charge is 2.25. The fourth-order valence-electron chi connectivity index (χ4n) is 3.80. The average Bonchev–Trinajstić information content (AvgIpc) is 3.14. The van der Waals surface area contributed by atoms with Crippen LogP contribution in [0, 0.1) is 6.92 Å². The molecule has 10 nitrogen and oxygen atoms in total. The number of carbonyl (C=O) groups is 1. The highest BCUT2D eigenvalue weighted by molar-refractivity contribution is 7.89. The van der Waals surface area contributed by atoms with Gasteiger partial charge in [0.2, 0.25) is 21.9 Å². The van der Waals surface area contributed by atoms with Gasteiger partial charge >= 0.3 is 5.97 Å². The van der Waals surface area contributed by atoms with Crippen LogP contribution in [0.3, 0.4) is 0 Å². The lowest BCUT2D eigenvalue weighted by atomic mass is 10.2. The van der Waals surface area contributed by atoms with Crippen molar-refractivity contribution in [2.75, 3.05) is 24.1 Å². The van der Waals surface area contributed by atoms with Crippen LogP contribution in [0.25, 0.3) is 0 Å². The van der Waals surface area contributed by atoms with Crippen molar-refractivity contribution in [3.63, 3.8) is 0 Å². The molecule has 0 atom stereocenters. The lowest BCUT2D eigenvalue weighted by Gasteiger charge is -2.19. The molecule has 0 bridgehead atoms. The highest BCUT2D eigenvalue weighted by Crippen LogP contribution is 2.21. The number of aromatic nitrogens is 3. The van der Waals surface area contributed by atoms with Crippen molar-refractivity contribution in [1.82, 2.24) is 19.3 Å². The van der Waals surface area contributed by atoms with Crippen LogP contribution in [-0.2, 0) is 21.4 Å². The summed E-state index contributed by atoms with van der Waals surface area (Å²) in [6.07, 6.45) is 3.78. The number of benzene rings is 2. The number of nitrogens with one attached hydrogen (secondary N) is 1. The van der Waals surface area contributed by atoms with Gasteiger partial charge < -0.3 is 15.8 Å². The summed E-state index contributed by atoms with van der Waals surface area (Å²) < 4.78 is 32.7. The second-order valence-corrected chi connectivity index (χ2v) is 10.2. The molecule has 4 rings (SSSR count). The Morgan fingerprint density at radius 2 is 1.69 bits per heavy atom. The zero-order chi connectivity index (χ0) is 24.8. The minimum absolute atomic E-state index is 0.00907. The molecule has 35 heavy (non-hydrogen) atoms. The van der Waals surface area contributed by atoms with Crippen molar-refractivity contribution < 1.29 is 17.9 Å². The van der Waals surface area contributed by atoms with Crippen LogP contribution in [-0.4, -0.2) is 46.7 Å². The molecule has 0 amide bonds. The second-order valence-electron chi connectivity index (χ2n) is 8.29. The Morgan fingerprint density at radius 1 is 1.00 bits per heavy atom. The molecule has 184 valence electrons. The fraction of sp³-hybridized carbons (Fsp3) is 0.333. The quantitative estimate of drug-likeness (QED) is 0.471. The Bertz CT molecular complexity index is 1290. The number of aryl methyl sites for hydroxylation is 1. The number of sulfonamides is 1. The van der Waals surface area contributed by atoms with Gasteiger partial charge in [-0.2, -0.15) is 19.3 Å². The van der Waals surface area contributed by atoms with Crippen LogP contribution in [0.15, 0.2) is 53.4 Å². The first kappa shape index (κ1) is 24.6. The molecular weight excluding hydrogens is 468 g/mol. The van der Waals surface area contributed by atoms with E-state index in [1.54, 1.807) is 0 Å². The molecule has 0 aliphatic carbocycles. The van der Waals surface area contributed by atoms with Crippen LogP contribution >= 0.6 is 0 Å². The highest BCUT2D eigenvalue weighted by atomic mass is 32.2. The van der Waals surface area contributed by atoms with E-state index in [-0.39, 0.29) is 34.8 Å². The van der Waals surface area contributed by atoms with Crippen LogP contribution in [0.1, 0.15) is 47.4 Å². The fourth-order valence-corrected chi connectivity index (χ4v) is 5.32. The third kappa shape index (κ3) is 6.11. The van der Waals surface area contributed by atoms with Gasteiger partial charge in [0.05, 0.1) is 10.5 Å². The Labute approximate surface area is 204 Å². The first-order chi connectivity index (χ1) is 16.8. The van der Waals surface area contributed by atoms with E-state index in [1.165, 1.54) is 28.6 Å². The maximum atomic E-state index is 12.9. The number of rotatable bonds is 7. The summed E-state index contributed by atoms with van der Waals surface area (Å²) in [7, 11) is -3.59. The molecule has 1 aromatic heterocycles. The predicted octanol–water partition coefficient (Wildman–Crippen LogP) is 3.43. The number of anilines is 3. The van der Waals surface area contributed by atoms with Crippen molar-refractivity contribution in [2.45, 2.75) is 44.1 Å². The summed E-state index contributed by atoms with van der Waals surface area (Å²) in [6.45, 7) is 2.76. The van der Waals surface area contributed by atoms with Crippen LogP contribution < -0.4 is 11.1 Å². The smallest absolute Gasteiger partial charge is 0.338 e. The lowest BCUT2D eigenvalue weighted by Crippen LogP contribution is -2.31. The van der Waals surface area contributed by atoms with E-state index in [0.29, 0.717) is 13.1 Å². The third-order valence-electron chi connectivity index (χ3n) is 5.72. The summed E-state index contributed by atoms with van der Waals surface area (Å²) in [5, 5.41) is 3.08. The molecule has 1 saturated heterocycles. The van der Waals surface area contributed by atoms with E-state index < -0.39 is 16.0 Å². The number of nitrogen functional groups attached to an aromatic ring is 1. The van der Waals surface area contributed by atoms with Gasteiger partial charge in [0.15, 0.2) is 12.4 Å². The van der Waals surface area contributed by atoms with Crippen molar-refractivity contribution in [2.24, 2.45) is 0 Å². The van der Waals surface area contributed by atoms with E-state index in [9.17, 15) is 13.2 Å². The van der Waals surface area contributed by atoms with Crippen molar-refractivity contribution in [3.8, 4) is 0 Å². The number of nitrogens with two attached hydrogens (primary N) is 1. The summed E-state index contributed by atoms with van der Waals surface area (Å²) in [5.74, 6) is -0.218. The maximum absolute atomic E-state index is 12.9. The molecule has 2 heterocycles. The number of para-hydroxylation sites is 1. The van der Waals surface area contributed by atoms with Crippen molar-refractivity contribution >= 4 is 33.6 Å². The summed E-state index contributed by atoms with van der Waals surface area (Å²) in [4.78, 5) is 25.1. The molecule has 1 aliphatic heterocycles. The zero-order valence-corrected chi connectivity index (χ0v) is 20.3. The Hall–Kier alpha value is -3.57. The topological polar surface area (TPSA) is 140 Å². The van der Waals surface area contributed by atoms with Gasteiger partial charge in [-0.25, -0.2) is 13.2 Å². The summed E-state index contributed by atoms with van der Waals surface area (Å²) in [6, 6.07) is 13.4. The summed E-state index contributed by atoms with van der Waals surface area (Å²) in [5.41, 5.74) is 7.83. The Kier molecular flexibility index (Phi) is 7.57. The second kappa shape index (κ2) is 10.8. The standard InChI is InChI=1S/C24H28N6O4S/c1-17-8-4-5-9-20(17)26-24-28-21(27-23(25)29-24)16-34-22(31)18-10-12-19(13-11-18)35(32,33)30-14-6-2-3-7-15-30/h4-5,8-13H,2-3,6-7,14-16H2,1H3,(H3,25,26,27,28,29). The molecule has 2 aromatic carbocycles. The van der Waals surface area contributed by atoms with E-state index in [0.717, 1.165) is 36.9 Å². The van der Waals surface area contributed by atoms with Crippen LogP contribution in [0.4, 0.5) is 17.6 Å². The van der Waals surface area contributed by atoms with Crippen molar-refractivity contribution in [1.29, 1.82) is 0 Å². The van der Waals surface area contributed by atoms with Gasteiger partial charge in [0.25, 0.3) is 0 Å². The first-order valence-electron chi connectivity index (χ1n) is 11.4. The normalized spacial score (nSPS) is 14.8. The van der Waals surface area contributed by atoms with Crippen LogP contribution in [0.2, 0.25) is 0 Å². The monoisotopic (exact) mass is 496 g/mol. The molecule has 1 aliphatic rings. The van der Waals surface area contributed by atoms with Crippen molar-refractivity contribution in [3.05, 3.63) is 65.5 Å². The third-order valence-corrected chi connectivity index (χ3v) is 7.63. The van der Waals surface area contributed by atoms with Crippen LogP contribution in [0.5, 0.6) is 0 Å². The van der Waals surface area contributed by atoms with Gasteiger partial charge in [-0.15, -0.1) is 0 Å². The predicted molar refractivity (Wildman–Crippen MR) is 131 cm³/mol. The minimum atomic E-state index is -3.59. The van der Waals surface area contributed by atoms with Gasteiger partial charge in [0.1, 0.15) is 0 Å². The largest absolute Gasteiger partial charge is 0.454 e. The number of esters is 1. The average molecular weight is 497 g/mol. The lowest BCUT2D eigenvalue weighted by molar-refractivity contribution is 0.0462. The summed E-state index contributed by atoms with van der Waals surface area (Å²) >= 11 is 0. The van der Waals surface area contributed by atoms with E-state index in [2.05, 4.69) is 20.3 Å². The van der Waals surface area contributed by atoms with Gasteiger partial charge in [-0.05, 0) is 55.7 Å². The maximum Gasteiger partial charge on any atom is 0.338 e. The SMILES string of the molecule is Cc1ccccc1Nc1nc(N)nc(COC(=O)c2ccc(S(=O)(=O)N3CCCCCC3)cc2)n1. The number of ether oxygens (including phenoxy) is 1. The number of hydrogen-bond acceptors (Lipinski definition) is 9. The minimum Gasteiger partial charge on any atom is -0.454 e. The molecule has 3 N–H and O–H groups in total. The number of hydrogen-bond donors (Lipinski definition) is 2. The molecule has 3 aromatic rings. The van der Waals surface area contributed by atoms with E-state index in [4.69, 9.17) is 10.5 Å². The zero-order valence-electron chi connectivity index (χ0n) is 19.5. The number of nitrogens with zero attached hydrogens (tertiary/aromatic N) is 4. The molecular formula is C24H28N6O4S. The molecule has 0 saturated carbocycles. The van der Waals surface area contributed by atoms with E-state index in [1.807, 2.05) is 31.2 Å². The molecule has 11 heteroatoms.